The molecular weight excluding hydrogens is 168 g/mol. The number of carbonyl (C=O) groups excluding carboxylic acids is 1. The van der Waals surface area contributed by atoms with Crippen molar-refractivity contribution in [3.8, 4) is 0 Å². The molecule has 4 nitrogen and oxygen atoms in total. The first-order chi connectivity index (χ1) is 6.27. The second-order valence-corrected chi connectivity index (χ2v) is 3.43. The van der Waals surface area contributed by atoms with E-state index in [0.717, 1.165) is 25.9 Å². The van der Waals surface area contributed by atoms with Crippen molar-refractivity contribution in [2.45, 2.75) is 19.8 Å². The summed E-state index contributed by atoms with van der Waals surface area (Å²) in [6.45, 7) is 4.04. The maximum absolute atomic E-state index is 11.3. The van der Waals surface area contributed by atoms with Gasteiger partial charge in [0.1, 0.15) is 0 Å². The van der Waals surface area contributed by atoms with Crippen molar-refractivity contribution in [3.63, 3.8) is 0 Å². The summed E-state index contributed by atoms with van der Waals surface area (Å²) in [7, 11) is 0. The van der Waals surface area contributed by atoms with Gasteiger partial charge in [0.25, 0.3) is 0 Å². The average Bonchev–Trinajstić information content (AvgIpc) is 2.18. The van der Waals surface area contributed by atoms with Crippen LogP contribution in [0.15, 0.2) is 0 Å². The molecule has 0 aliphatic carbocycles. The molecule has 1 saturated heterocycles. The lowest BCUT2D eigenvalue weighted by Crippen LogP contribution is -2.44. The molecule has 4 heteroatoms. The van der Waals surface area contributed by atoms with E-state index in [0.29, 0.717) is 6.54 Å². The van der Waals surface area contributed by atoms with E-state index in [1.807, 2.05) is 6.92 Å². The molecule has 0 aromatic carbocycles. The number of urea groups is 1. The molecule has 1 aliphatic rings. The first-order valence-electron chi connectivity index (χ1n) is 4.88. The van der Waals surface area contributed by atoms with E-state index in [1.165, 1.54) is 0 Å². The summed E-state index contributed by atoms with van der Waals surface area (Å²) in [5.41, 5.74) is 0. The minimum absolute atomic E-state index is 0.00321. The Labute approximate surface area is 78.9 Å². The van der Waals surface area contributed by atoms with Crippen LogP contribution in [0.1, 0.15) is 19.8 Å². The van der Waals surface area contributed by atoms with Crippen LogP contribution < -0.4 is 5.32 Å². The number of likely N-dealkylation sites (tertiary alicyclic amines) is 1. The van der Waals surface area contributed by atoms with Crippen molar-refractivity contribution in [2.24, 2.45) is 5.92 Å². The quantitative estimate of drug-likeness (QED) is 0.681. The van der Waals surface area contributed by atoms with Gasteiger partial charge >= 0.3 is 6.03 Å². The van der Waals surface area contributed by atoms with E-state index in [9.17, 15) is 9.90 Å². The molecule has 75 valence electrons. The highest BCUT2D eigenvalue weighted by atomic mass is 16.3. The van der Waals surface area contributed by atoms with E-state index >= 15 is 0 Å². The second-order valence-electron chi connectivity index (χ2n) is 3.43. The Balaban J connectivity index is 2.28. The summed E-state index contributed by atoms with van der Waals surface area (Å²) >= 11 is 0. The number of piperidine rings is 1. The van der Waals surface area contributed by atoms with Gasteiger partial charge in [-0.05, 0) is 25.7 Å². The third-order valence-electron chi connectivity index (χ3n) is 2.47. The Morgan fingerprint density at radius 2 is 2.08 bits per heavy atom. The Bertz CT molecular complexity index is 165. The van der Waals surface area contributed by atoms with Crippen molar-refractivity contribution >= 4 is 6.03 Å². The van der Waals surface area contributed by atoms with Gasteiger partial charge in [0.15, 0.2) is 0 Å². The fraction of sp³-hybridized carbons (Fsp3) is 0.889. The van der Waals surface area contributed by atoms with Gasteiger partial charge in [-0.2, -0.15) is 0 Å². The molecule has 1 rings (SSSR count). The van der Waals surface area contributed by atoms with Crippen molar-refractivity contribution in [1.29, 1.82) is 0 Å². The molecule has 2 amide bonds. The summed E-state index contributed by atoms with van der Waals surface area (Å²) in [5, 5.41) is 13.3. The van der Waals surface area contributed by atoms with E-state index in [1.54, 1.807) is 4.90 Å². The predicted molar refractivity (Wildman–Crippen MR) is 48.9 cm³/mol. The summed E-state index contributed by atoms with van der Waals surface area (Å²) < 4.78 is 0. The Hall–Kier alpha value is -0.770. The fourth-order valence-corrected chi connectivity index (χ4v) is 1.57. The van der Waals surface area contributed by atoms with Crippen molar-refractivity contribution in [3.05, 3.63) is 0 Å². The zero-order valence-corrected chi connectivity index (χ0v) is 8.08. The van der Waals surface area contributed by atoms with Crippen LogP contribution in [-0.2, 0) is 5.11 Å². The van der Waals surface area contributed by atoms with Crippen LogP contribution in [0.3, 0.4) is 0 Å². The molecule has 13 heavy (non-hydrogen) atoms. The molecule has 1 aliphatic heterocycles. The van der Waals surface area contributed by atoms with Crippen LogP contribution in [0.4, 0.5) is 4.79 Å². The van der Waals surface area contributed by atoms with Crippen LogP contribution in [0.2, 0.25) is 0 Å². The molecule has 1 N–H and O–H groups in total. The minimum atomic E-state index is 0.00321. The molecule has 0 aromatic rings. The van der Waals surface area contributed by atoms with Crippen LogP contribution in [0.25, 0.3) is 0 Å². The molecule has 0 bridgehead atoms. The first kappa shape index (κ1) is 10.3. The number of nitrogens with zero attached hydrogens (tertiary/aromatic N) is 1. The number of hydrogen-bond acceptors (Lipinski definition) is 1. The topological polar surface area (TPSA) is 52.2 Å². The lowest BCUT2D eigenvalue weighted by Gasteiger charge is -2.30. The SMILES string of the molecule is CCNC(=O)N1CCC(C[O])CC1. The van der Waals surface area contributed by atoms with E-state index in [2.05, 4.69) is 5.32 Å². The highest BCUT2D eigenvalue weighted by Gasteiger charge is 2.21. The molecule has 0 atom stereocenters. The molecule has 1 radical (unpaired) electrons. The molecular formula is C9H17N2O2. The van der Waals surface area contributed by atoms with Crippen LogP contribution in [0.5, 0.6) is 0 Å². The number of nitrogens with one attached hydrogen (secondary N) is 1. The Kier molecular flexibility index (Phi) is 4.02. The third-order valence-corrected chi connectivity index (χ3v) is 2.47. The smallest absolute Gasteiger partial charge is 0.317 e. The van der Waals surface area contributed by atoms with Crippen LogP contribution in [-0.4, -0.2) is 37.2 Å². The van der Waals surface area contributed by atoms with Gasteiger partial charge in [-0.15, -0.1) is 0 Å². The van der Waals surface area contributed by atoms with Crippen molar-refractivity contribution in [2.75, 3.05) is 26.2 Å². The van der Waals surface area contributed by atoms with Gasteiger partial charge in [0, 0.05) is 19.6 Å². The molecule has 0 aromatic heterocycles. The van der Waals surface area contributed by atoms with Gasteiger partial charge in [-0.1, -0.05) is 0 Å². The Morgan fingerprint density at radius 1 is 1.46 bits per heavy atom. The maximum atomic E-state index is 11.3. The van der Waals surface area contributed by atoms with Gasteiger partial charge in [-0.25, -0.2) is 9.90 Å². The third kappa shape index (κ3) is 2.88. The van der Waals surface area contributed by atoms with Gasteiger partial charge in [-0.3, -0.25) is 0 Å². The summed E-state index contributed by atoms with van der Waals surface area (Å²) in [6.07, 6.45) is 1.72. The normalized spacial score (nSPS) is 18.8. The fourth-order valence-electron chi connectivity index (χ4n) is 1.57. The second kappa shape index (κ2) is 5.07. The first-order valence-corrected chi connectivity index (χ1v) is 4.88. The summed E-state index contributed by atoms with van der Waals surface area (Å²) in [5.74, 6) is 0.283. The maximum Gasteiger partial charge on any atom is 0.317 e. The van der Waals surface area contributed by atoms with Crippen molar-refractivity contribution in [1.82, 2.24) is 10.2 Å². The zero-order chi connectivity index (χ0) is 9.68. The molecule has 0 saturated carbocycles. The lowest BCUT2D eigenvalue weighted by molar-refractivity contribution is 0.0989. The standard InChI is InChI=1S/C9H17N2O2/c1-2-10-9(13)11-5-3-8(7-12)4-6-11/h8H,2-7H2,1H3,(H,10,13). The van der Waals surface area contributed by atoms with Gasteiger partial charge in [0.2, 0.25) is 0 Å². The van der Waals surface area contributed by atoms with Crippen LogP contribution >= 0.6 is 0 Å². The monoisotopic (exact) mass is 185 g/mol. The molecule has 1 heterocycles. The lowest BCUT2D eigenvalue weighted by atomic mass is 9.98. The van der Waals surface area contributed by atoms with E-state index < -0.39 is 0 Å². The van der Waals surface area contributed by atoms with E-state index in [-0.39, 0.29) is 18.6 Å². The average molecular weight is 185 g/mol. The number of hydrogen-bond donors (Lipinski definition) is 1. The summed E-state index contributed by atoms with van der Waals surface area (Å²) in [4.78, 5) is 13.1. The van der Waals surface area contributed by atoms with Crippen LogP contribution in [0, 0.1) is 5.92 Å². The predicted octanol–water partition coefficient (Wildman–Crippen LogP) is 0.858. The Morgan fingerprint density at radius 3 is 2.54 bits per heavy atom. The summed E-state index contributed by atoms with van der Waals surface area (Å²) in [6, 6.07) is 0.00634. The van der Waals surface area contributed by atoms with Gasteiger partial charge in [0.05, 0.1) is 6.61 Å². The zero-order valence-electron chi connectivity index (χ0n) is 8.08. The largest absolute Gasteiger partial charge is 0.338 e. The van der Waals surface area contributed by atoms with Gasteiger partial charge < -0.3 is 10.2 Å². The number of rotatable bonds is 2. The highest BCUT2D eigenvalue weighted by Crippen LogP contribution is 2.16. The molecule has 0 spiro atoms. The highest BCUT2D eigenvalue weighted by molar-refractivity contribution is 5.74. The number of amides is 2. The molecule has 0 unspecified atom stereocenters. The number of carbonyl (C=O) groups is 1. The van der Waals surface area contributed by atoms with Crippen molar-refractivity contribution < 1.29 is 9.90 Å². The van der Waals surface area contributed by atoms with E-state index in [4.69, 9.17) is 0 Å². The molecule has 1 fully saturated rings. The minimum Gasteiger partial charge on any atom is -0.338 e.